The van der Waals surface area contributed by atoms with Gasteiger partial charge < -0.3 is 10.5 Å². The van der Waals surface area contributed by atoms with Crippen LogP contribution in [-0.4, -0.2) is 28.8 Å². The molecule has 0 atom stereocenters. The van der Waals surface area contributed by atoms with Crippen molar-refractivity contribution in [1.29, 1.82) is 5.41 Å². The van der Waals surface area contributed by atoms with E-state index in [1.54, 1.807) is 13.8 Å². The van der Waals surface area contributed by atoms with Gasteiger partial charge in [0.1, 0.15) is 5.56 Å². The second-order valence-electron chi connectivity index (χ2n) is 2.83. The van der Waals surface area contributed by atoms with Gasteiger partial charge in [0.15, 0.2) is 0 Å². The molecule has 6 nitrogen and oxygen atoms in total. The highest BCUT2D eigenvalue weighted by molar-refractivity contribution is 5.93. The van der Waals surface area contributed by atoms with Gasteiger partial charge in [-0.2, -0.15) is 5.10 Å². The number of methoxy groups -OCH3 is 1. The number of carbonyl (C=O) groups is 1. The van der Waals surface area contributed by atoms with E-state index in [1.807, 2.05) is 0 Å². The average Bonchev–Trinajstić information content (AvgIpc) is 2.41. The van der Waals surface area contributed by atoms with E-state index in [9.17, 15) is 4.79 Å². The van der Waals surface area contributed by atoms with Crippen LogP contribution in [0.1, 0.15) is 21.7 Å². The van der Waals surface area contributed by atoms with E-state index in [0.29, 0.717) is 17.0 Å². The van der Waals surface area contributed by atoms with E-state index in [2.05, 4.69) is 9.84 Å². The number of carbonyl (C=O) groups excluding carboxylic acids is 1. The number of hydrogen-bond donors (Lipinski definition) is 2. The Bertz CT molecular complexity index is 400. The van der Waals surface area contributed by atoms with Crippen LogP contribution in [0.5, 0.6) is 0 Å². The summed E-state index contributed by atoms with van der Waals surface area (Å²) in [5.74, 6) is -0.687. The molecule has 1 aromatic heterocycles. The van der Waals surface area contributed by atoms with Crippen molar-refractivity contribution in [2.75, 3.05) is 7.11 Å². The molecule has 0 radical (unpaired) electrons. The van der Waals surface area contributed by atoms with E-state index in [4.69, 9.17) is 11.1 Å². The first-order chi connectivity index (χ1) is 6.49. The predicted molar refractivity (Wildman–Crippen MR) is 57.6 cm³/mol. The Balaban J connectivity index is 0.00000196. The summed E-state index contributed by atoms with van der Waals surface area (Å²) in [6.07, 6.45) is 0. The number of esters is 1. The third-order valence-electron chi connectivity index (χ3n) is 1.91. The molecule has 0 aliphatic heterocycles. The molecular weight excluding hydrogens is 220 g/mol. The number of nitrogen functional groups attached to an aromatic ring is 1. The van der Waals surface area contributed by atoms with Crippen LogP contribution in [-0.2, 0) is 4.74 Å². The molecule has 0 aromatic carbocycles. The summed E-state index contributed by atoms with van der Waals surface area (Å²) in [6.45, 7) is 3.33. The number of nitrogens with one attached hydrogen (secondary N) is 1. The zero-order valence-electron chi connectivity index (χ0n) is 8.70. The normalized spacial score (nSPS) is 9.27. The minimum absolute atomic E-state index is 0. The monoisotopic (exact) mass is 232 g/mol. The molecule has 0 fully saturated rings. The molecule has 0 saturated carbocycles. The Morgan fingerprint density at radius 2 is 2.07 bits per heavy atom. The fourth-order valence-corrected chi connectivity index (χ4v) is 1.27. The minimum atomic E-state index is -0.465. The molecule has 1 aromatic rings. The van der Waals surface area contributed by atoms with Crippen molar-refractivity contribution in [3.05, 3.63) is 17.0 Å². The number of nitrogens with two attached hydrogens (primary N) is 1. The Morgan fingerprint density at radius 3 is 2.40 bits per heavy atom. The number of aryl methyl sites for hydroxylation is 1. The summed E-state index contributed by atoms with van der Waals surface area (Å²) in [6, 6.07) is 0. The van der Waals surface area contributed by atoms with Gasteiger partial charge >= 0.3 is 5.97 Å². The van der Waals surface area contributed by atoms with Crippen LogP contribution in [0.25, 0.3) is 0 Å². The minimum Gasteiger partial charge on any atom is -0.465 e. The maximum atomic E-state index is 11.3. The topological polar surface area (TPSA) is 94.0 Å². The van der Waals surface area contributed by atoms with Crippen LogP contribution in [0.15, 0.2) is 0 Å². The summed E-state index contributed by atoms with van der Waals surface area (Å²) in [5, 5.41) is 11.2. The largest absolute Gasteiger partial charge is 0.465 e. The molecular formula is C8H13ClN4O2. The lowest BCUT2D eigenvalue weighted by molar-refractivity contribution is 0.0599. The van der Waals surface area contributed by atoms with Gasteiger partial charge in [0.05, 0.1) is 18.5 Å². The molecule has 0 unspecified atom stereocenters. The molecule has 0 aliphatic rings. The maximum absolute atomic E-state index is 11.3. The van der Waals surface area contributed by atoms with Gasteiger partial charge in [-0.15, -0.1) is 12.4 Å². The first-order valence-electron chi connectivity index (χ1n) is 3.98. The van der Waals surface area contributed by atoms with E-state index in [1.165, 1.54) is 11.8 Å². The summed E-state index contributed by atoms with van der Waals surface area (Å²) in [5.41, 5.74) is 6.65. The molecule has 1 heterocycles. The predicted octanol–water partition coefficient (Wildman–Crippen LogP) is 0.450. The van der Waals surface area contributed by atoms with Crippen LogP contribution in [0.2, 0.25) is 0 Å². The Morgan fingerprint density at radius 1 is 1.53 bits per heavy atom. The van der Waals surface area contributed by atoms with Gasteiger partial charge in [-0.25, -0.2) is 9.48 Å². The number of nitrogens with zero attached hydrogens (tertiary/aromatic N) is 2. The molecule has 0 saturated heterocycles. The molecule has 84 valence electrons. The molecule has 0 bridgehead atoms. The van der Waals surface area contributed by atoms with Gasteiger partial charge in [-0.05, 0) is 13.8 Å². The highest BCUT2D eigenvalue weighted by atomic mass is 35.5. The summed E-state index contributed by atoms with van der Waals surface area (Å²) < 4.78 is 5.78. The van der Waals surface area contributed by atoms with Crippen LogP contribution < -0.4 is 5.73 Å². The molecule has 0 amide bonds. The van der Waals surface area contributed by atoms with Gasteiger partial charge in [0.2, 0.25) is 5.96 Å². The highest BCUT2D eigenvalue weighted by Gasteiger charge is 2.19. The third kappa shape index (κ3) is 2.27. The van der Waals surface area contributed by atoms with Crippen molar-refractivity contribution in [3.8, 4) is 0 Å². The zero-order valence-corrected chi connectivity index (χ0v) is 9.51. The van der Waals surface area contributed by atoms with E-state index < -0.39 is 5.97 Å². The third-order valence-corrected chi connectivity index (χ3v) is 1.91. The zero-order chi connectivity index (χ0) is 10.9. The fourth-order valence-electron chi connectivity index (χ4n) is 1.27. The quantitative estimate of drug-likeness (QED) is 0.418. The molecule has 7 heteroatoms. The van der Waals surface area contributed by atoms with Gasteiger partial charge in [0, 0.05) is 0 Å². The SMILES string of the molecule is COC(=O)c1c(C)nn(C(=N)N)c1C.Cl. The number of aromatic nitrogens is 2. The van der Waals surface area contributed by atoms with Crippen LogP contribution >= 0.6 is 12.4 Å². The second kappa shape index (κ2) is 4.79. The number of ether oxygens (including phenoxy) is 1. The Hall–Kier alpha value is -1.56. The van der Waals surface area contributed by atoms with Crippen molar-refractivity contribution >= 4 is 24.3 Å². The Kier molecular flexibility index (Phi) is 4.29. The van der Waals surface area contributed by atoms with Gasteiger partial charge in [0.25, 0.3) is 0 Å². The molecule has 1 rings (SSSR count). The van der Waals surface area contributed by atoms with Crippen molar-refractivity contribution in [3.63, 3.8) is 0 Å². The lowest BCUT2D eigenvalue weighted by Crippen LogP contribution is -2.23. The number of rotatable bonds is 1. The van der Waals surface area contributed by atoms with Crippen molar-refractivity contribution < 1.29 is 9.53 Å². The Labute approximate surface area is 93.3 Å². The van der Waals surface area contributed by atoms with E-state index in [-0.39, 0.29) is 18.4 Å². The van der Waals surface area contributed by atoms with Gasteiger partial charge in [-0.1, -0.05) is 0 Å². The first kappa shape index (κ1) is 13.4. The maximum Gasteiger partial charge on any atom is 0.341 e. The van der Waals surface area contributed by atoms with E-state index in [0.717, 1.165) is 0 Å². The first-order valence-corrected chi connectivity index (χ1v) is 3.98. The smallest absolute Gasteiger partial charge is 0.341 e. The van der Waals surface area contributed by atoms with Gasteiger partial charge in [-0.3, -0.25) is 5.41 Å². The van der Waals surface area contributed by atoms with Crippen LogP contribution in [0, 0.1) is 19.3 Å². The summed E-state index contributed by atoms with van der Waals surface area (Å²) in [7, 11) is 1.30. The number of halogens is 1. The van der Waals surface area contributed by atoms with Crippen LogP contribution in [0.4, 0.5) is 0 Å². The number of hydrogen-bond acceptors (Lipinski definition) is 4. The fraction of sp³-hybridized carbons (Fsp3) is 0.375. The van der Waals surface area contributed by atoms with Crippen LogP contribution in [0.3, 0.4) is 0 Å². The lowest BCUT2D eigenvalue weighted by Gasteiger charge is -2.00. The summed E-state index contributed by atoms with van der Waals surface area (Å²) >= 11 is 0. The molecule has 15 heavy (non-hydrogen) atoms. The second-order valence-corrected chi connectivity index (χ2v) is 2.83. The van der Waals surface area contributed by atoms with E-state index >= 15 is 0 Å². The lowest BCUT2D eigenvalue weighted by atomic mass is 10.2. The molecule has 0 spiro atoms. The average molecular weight is 233 g/mol. The van der Waals surface area contributed by atoms with Crippen molar-refractivity contribution in [2.45, 2.75) is 13.8 Å². The van der Waals surface area contributed by atoms with Crippen molar-refractivity contribution in [2.24, 2.45) is 5.73 Å². The standard InChI is InChI=1S/C8H12N4O2.ClH/c1-4-6(7(13)14-3)5(2)12(11-4)8(9)10;/h1-3H3,(H3,9,10);1H. The highest BCUT2D eigenvalue weighted by Crippen LogP contribution is 2.13. The van der Waals surface area contributed by atoms with Crippen molar-refractivity contribution in [1.82, 2.24) is 9.78 Å². The summed E-state index contributed by atoms with van der Waals surface area (Å²) in [4.78, 5) is 11.3. The molecule has 3 N–H and O–H groups in total. The molecule has 0 aliphatic carbocycles.